The molecule has 0 saturated carbocycles. The molecule has 20 heavy (non-hydrogen) atoms. The summed E-state index contributed by atoms with van der Waals surface area (Å²) in [6.45, 7) is 3.24. The molecule has 3 aromatic rings. The van der Waals surface area contributed by atoms with Crippen LogP contribution < -0.4 is 4.90 Å². The van der Waals surface area contributed by atoms with Crippen molar-refractivity contribution >= 4 is 16.9 Å². The number of aromatic nitrogens is 3. The summed E-state index contributed by atoms with van der Waals surface area (Å²) in [5.74, 6) is 1.03. The smallest absolute Gasteiger partial charge is 0.142 e. The van der Waals surface area contributed by atoms with E-state index in [1.54, 1.807) is 6.33 Å². The zero-order chi connectivity index (χ0) is 13.5. The minimum Gasteiger partial charge on any atom is -0.349 e. The highest BCUT2D eigenvalue weighted by molar-refractivity contribution is 5.87. The molecule has 0 radical (unpaired) electrons. The lowest BCUT2D eigenvalue weighted by molar-refractivity contribution is 0.619. The molecule has 1 atom stereocenters. The van der Waals surface area contributed by atoms with Crippen LogP contribution in [0.1, 0.15) is 24.1 Å². The van der Waals surface area contributed by atoms with E-state index in [1.165, 1.54) is 11.1 Å². The molecular formula is C16H16N4. The highest BCUT2D eigenvalue weighted by atomic mass is 15.2. The zero-order valence-electron chi connectivity index (χ0n) is 11.4. The minimum absolute atomic E-state index is 0.341. The van der Waals surface area contributed by atoms with Crippen LogP contribution >= 0.6 is 0 Å². The van der Waals surface area contributed by atoms with Crippen LogP contribution in [-0.4, -0.2) is 21.5 Å². The van der Waals surface area contributed by atoms with Gasteiger partial charge in [-0.2, -0.15) is 0 Å². The standard InChI is InChI=1S/C16H16N4/c1-11-13-5-3-2-4-12(13)7-9-20(11)16-14-6-8-17-15(14)18-10-19-16/h2-6,8,10-11H,7,9H2,1H3,(H,17,18,19). The largest absolute Gasteiger partial charge is 0.349 e. The Morgan fingerprint density at radius 1 is 1.20 bits per heavy atom. The average Bonchev–Trinajstić information content (AvgIpc) is 2.97. The maximum absolute atomic E-state index is 4.52. The van der Waals surface area contributed by atoms with Gasteiger partial charge in [0.1, 0.15) is 17.8 Å². The number of nitrogens with one attached hydrogen (secondary N) is 1. The molecule has 4 heteroatoms. The van der Waals surface area contributed by atoms with Gasteiger partial charge in [-0.1, -0.05) is 24.3 Å². The Hall–Kier alpha value is -2.36. The van der Waals surface area contributed by atoms with Crippen LogP contribution in [0.15, 0.2) is 42.9 Å². The van der Waals surface area contributed by atoms with Gasteiger partial charge in [-0.15, -0.1) is 0 Å². The molecule has 1 aliphatic rings. The Morgan fingerprint density at radius 3 is 3.05 bits per heavy atom. The van der Waals surface area contributed by atoms with Crippen molar-refractivity contribution in [3.63, 3.8) is 0 Å². The Morgan fingerprint density at radius 2 is 2.10 bits per heavy atom. The van der Waals surface area contributed by atoms with Crippen molar-refractivity contribution in [1.29, 1.82) is 0 Å². The summed E-state index contributed by atoms with van der Waals surface area (Å²) in [7, 11) is 0. The van der Waals surface area contributed by atoms with Crippen molar-refractivity contribution in [3.05, 3.63) is 54.0 Å². The molecule has 1 aliphatic heterocycles. The van der Waals surface area contributed by atoms with E-state index in [-0.39, 0.29) is 0 Å². The molecule has 3 heterocycles. The van der Waals surface area contributed by atoms with Gasteiger partial charge in [-0.3, -0.25) is 0 Å². The predicted molar refractivity (Wildman–Crippen MR) is 79.8 cm³/mol. The van der Waals surface area contributed by atoms with E-state index in [4.69, 9.17) is 0 Å². The van der Waals surface area contributed by atoms with Crippen LogP contribution in [0.5, 0.6) is 0 Å². The van der Waals surface area contributed by atoms with Crippen LogP contribution in [0, 0.1) is 0 Å². The quantitative estimate of drug-likeness (QED) is 0.734. The van der Waals surface area contributed by atoms with Gasteiger partial charge in [-0.25, -0.2) is 9.97 Å². The molecule has 0 bridgehead atoms. The van der Waals surface area contributed by atoms with Crippen molar-refractivity contribution in [3.8, 4) is 0 Å². The van der Waals surface area contributed by atoms with Crippen LogP contribution in [0.25, 0.3) is 11.0 Å². The molecule has 0 spiro atoms. The molecule has 1 aromatic carbocycles. The molecule has 0 aliphatic carbocycles. The lowest BCUT2D eigenvalue weighted by Gasteiger charge is -2.36. The first-order valence-corrected chi connectivity index (χ1v) is 6.97. The molecule has 0 amide bonds. The second-order valence-corrected chi connectivity index (χ2v) is 5.26. The molecule has 0 saturated heterocycles. The third-order valence-corrected chi connectivity index (χ3v) is 4.20. The fraction of sp³-hybridized carbons (Fsp3) is 0.250. The number of hydrogen-bond acceptors (Lipinski definition) is 3. The Balaban J connectivity index is 1.82. The second-order valence-electron chi connectivity index (χ2n) is 5.26. The summed E-state index contributed by atoms with van der Waals surface area (Å²) in [6, 6.07) is 11.1. The zero-order valence-corrected chi connectivity index (χ0v) is 11.4. The number of fused-ring (bicyclic) bond motifs is 2. The van der Waals surface area contributed by atoms with Gasteiger partial charge in [0.2, 0.25) is 0 Å². The lowest BCUT2D eigenvalue weighted by Crippen LogP contribution is -2.34. The van der Waals surface area contributed by atoms with Crippen molar-refractivity contribution in [2.24, 2.45) is 0 Å². The van der Waals surface area contributed by atoms with Crippen LogP contribution in [-0.2, 0) is 6.42 Å². The van der Waals surface area contributed by atoms with Gasteiger partial charge in [0, 0.05) is 12.7 Å². The van der Waals surface area contributed by atoms with Crippen molar-refractivity contribution in [2.45, 2.75) is 19.4 Å². The maximum atomic E-state index is 4.52. The van der Waals surface area contributed by atoms with Gasteiger partial charge in [0.05, 0.1) is 11.4 Å². The third kappa shape index (κ3) is 1.61. The molecule has 1 unspecified atom stereocenters. The highest BCUT2D eigenvalue weighted by Crippen LogP contribution is 2.34. The molecular weight excluding hydrogens is 248 g/mol. The Kier molecular flexibility index (Phi) is 2.49. The van der Waals surface area contributed by atoms with Crippen LogP contribution in [0.4, 0.5) is 5.82 Å². The summed E-state index contributed by atoms with van der Waals surface area (Å²) in [5.41, 5.74) is 3.76. The molecule has 2 aromatic heterocycles. The first-order chi connectivity index (χ1) is 9.84. The first-order valence-electron chi connectivity index (χ1n) is 6.97. The second kappa shape index (κ2) is 4.34. The lowest BCUT2D eigenvalue weighted by atomic mass is 9.93. The van der Waals surface area contributed by atoms with Gasteiger partial charge in [0.15, 0.2) is 0 Å². The fourth-order valence-electron chi connectivity index (χ4n) is 3.15. The third-order valence-electron chi connectivity index (χ3n) is 4.20. The van der Waals surface area contributed by atoms with E-state index in [9.17, 15) is 0 Å². The van der Waals surface area contributed by atoms with Gasteiger partial charge >= 0.3 is 0 Å². The number of hydrogen-bond donors (Lipinski definition) is 1. The van der Waals surface area contributed by atoms with Gasteiger partial charge in [-0.05, 0) is 30.5 Å². The Labute approximate surface area is 117 Å². The summed E-state index contributed by atoms with van der Waals surface area (Å²) in [4.78, 5) is 14.3. The number of nitrogens with zero attached hydrogens (tertiary/aromatic N) is 3. The summed E-state index contributed by atoms with van der Waals surface area (Å²) in [6.07, 6.45) is 4.63. The number of benzene rings is 1. The minimum atomic E-state index is 0.341. The molecule has 0 fully saturated rings. The van der Waals surface area contributed by atoms with Crippen molar-refractivity contribution in [1.82, 2.24) is 15.0 Å². The number of rotatable bonds is 1. The van der Waals surface area contributed by atoms with Gasteiger partial charge in [0.25, 0.3) is 0 Å². The molecule has 1 N–H and O–H groups in total. The number of H-pyrrole nitrogens is 1. The van der Waals surface area contributed by atoms with E-state index in [2.05, 4.69) is 57.1 Å². The predicted octanol–water partition coefficient (Wildman–Crippen LogP) is 3.08. The van der Waals surface area contributed by atoms with E-state index < -0.39 is 0 Å². The van der Waals surface area contributed by atoms with E-state index in [0.717, 1.165) is 29.8 Å². The van der Waals surface area contributed by atoms with Crippen LogP contribution in [0.3, 0.4) is 0 Å². The normalized spacial score (nSPS) is 18.2. The van der Waals surface area contributed by atoms with E-state index in [1.807, 2.05) is 6.20 Å². The Bertz CT molecular complexity index is 762. The monoisotopic (exact) mass is 264 g/mol. The van der Waals surface area contributed by atoms with Crippen molar-refractivity contribution < 1.29 is 0 Å². The fourth-order valence-corrected chi connectivity index (χ4v) is 3.15. The SMILES string of the molecule is CC1c2ccccc2CCN1c1ncnc2[nH]ccc12. The van der Waals surface area contributed by atoms with E-state index >= 15 is 0 Å². The summed E-state index contributed by atoms with van der Waals surface area (Å²) in [5, 5.41) is 1.10. The first kappa shape index (κ1) is 11.5. The van der Waals surface area contributed by atoms with E-state index in [0.29, 0.717) is 6.04 Å². The number of anilines is 1. The summed E-state index contributed by atoms with van der Waals surface area (Å²) < 4.78 is 0. The summed E-state index contributed by atoms with van der Waals surface area (Å²) >= 11 is 0. The topological polar surface area (TPSA) is 44.8 Å². The van der Waals surface area contributed by atoms with Crippen molar-refractivity contribution in [2.75, 3.05) is 11.4 Å². The molecule has 100 valence electrons. The maximum Gasteiger partial charge on any atom is 0.142 e. The number of aromatic amines is 1. The molecule has 4 rings (SSSR count). The highest BCUT2D eigenvalue weighted by Gasteiger charge is 2.25. The van der Waals surface area contributed by atoms with Crippen LogP contribution in [0.2, 0.25) is 0 Å². The average molecular weight is 264 g/mol. The van der Waals surface area contributed by atoms with Gasteiger partial charge < -0.3 is 9.88 Å². The molecule has 4 nitrogen and oxygen atoms in total.